The quantitative estimate of drug-likeness (QED) is 0.686. The molecule has 1 heterocycles. The molecule has 0 radical (unpaired) electrons. The van der Waals surface area contributed by atoms with Crippen molar-refractivity contribution < 1.29 is 9.21 Å². The van der Waals surface area contributed by atoms with Crippen molar-refractivity contribution in [1.82, 2.24) is 0 Å². The van der Waals surface area contributed by atoms with Gasteiger partial charge in [-0.2, -0.15) is 0 Å². The lowest BCUT2D eigenvalue weighted by Gasteiger charge is -2.14. The van der Waals surface area contributed by atoms with E-state index in [1.54, 1.807) is 24.3 Å². The molecule has 0 aliphatic carbocycles. The van der Waals surface area contributed by atoms with Gasteiger partial charge in [0.1, 0.15) is 5.58 Å². The average Bonchev–Trinajstić information content (AvgIpc) is 2.61. The van der Waals surface area contributed by atoms with E-state index in [2.05, 4.69) is 10.6 Å². The molecule has 0 aliphatic heterocycles. The summed E-state index contributed by atoms with van der Waals surface area (Å²) < 4.78 is 5.36. The highest BCUT2D eigenvalue weighted by Gasteiger charge is 2.17. The van der Waals surface area contributed by atoms with E-state index in [0.29, 0.717) is 23.4 Å². The van der Waals surface area contributed by atoms with Crippen LogP contribution in [0.5, 0.6) is 0 Å². The molecule has 0 saturated carbocycles. The SMILES string of the molecule is CCCNc1c(NC(=O)c2cccc(C)c2)c(=O)oc2ccccc12. The van der Waals surface area contributed by atoms with E-state index in [4.69, 9.17) is 4.42 Å². The molecule has 25 heavy (non-hydrogen) atoms. The number of carbonyl (C=O) groups is 1. The number of fused-ring (bicyclic) bond motifs is 1. The molecule has 0 fully saturated rings. The van der Waals surface area contributed by atoms with E-state index < -0.39 is 5.63 Å². The van der Waals surface area contributed by atoms with Gasteiger partial charge in [-0.25, -0.2) is 4.79 Å². The van der Waals surface area contributed by atoms with Crippen molar-refractivity contribution in [3.63, 3.8) is 0 Å². The van der Waals surface area contributed by atoms with Crippen molar-refractivity contribution in [2.45, 2.75) is 20.3 Å². The van der Waals surface area contributed by atoms with Gasteiger partial charge in [0, 0.05) is 17.5 Å². The number of hydrogen-bond acceptors (Lipinski definition) is 4. The fourth-order valence-electron chi connectivity index (χ4n) is 2.67. The Hall–Kier alpha value is -3.08. The average molecular weight is 336 g/mol. The Morgan fingerprint density at radius 2 is 1.88 bits per heavy atom. The maximum atomic E-state index is 12.6. The fraction of sp³-hybridized carbons (Fsp3) is 0.200. The smallest absolute Gasteiger partial charge is 0.362 e. The first-order valence-electron chi connectivity index (χ1n) is 8.28. The zero-order valence-electron chi connectivity index (χ0n) is 14.3. The van der Waals surface area contributed by atoms with Gasteiger partial charge < -0.3 is 15.1 Å². The Kier molecular flexibility index (Phi) is 4.84. The van der Waals surface area contributed by atoms with Crippen molar-refractivity contribution in [3.05, 3.63) is 70.1 Å². The van der Waals surface area contributed by atoms with E-state index >= 15 is 0 Å². The summed E-state index contributed by atoms with van der Waals surface area (Å²) in [4.78, 5) is 25.0. The summed E-state index contributed by atoms with van der Waals surface area (Å²) in [6, 6.07) is 14.5. The molecule has 0 bridgehead atoms. The minimum absolute atomic E-state index is 0.138. The van der Waals surface area contributed by atoms with Gasteiger partial charge in [-0.1, -0.05) is 36.8 Å². The van der Waals surface area contributed by atoms with Crippen molar-refractivity contribution in [3.8, 4) is 0 Å². The summed E-state index contributed by atoms with van der Waals surface area (Å²) in [6.45, 7) is 4.63. The van der Waals surface area contributed by atoms with Crippen LogP contribution in [0, 0.1) is 6.92 Å². The number of amides is 1. The monoisotopic (exact) mass is 336 g/mol. The molecule has 5 heteroatoms. The molecule has 3 aromatic rings. The van der Waals surface area contributed by atoms with Crippen LogP contribution in [0.4, 0.5) is 11.4 Å². The fourth-order valence-corrected chi connectivity index (χ4v) is 2.67. The standard InChI is InChI=1S/C20H20N2O3/c1-3-11-21-17-15-9-4-5-10-16(15)25-20(24)18(17)22-19(23)14-8-6-7-13(2)12-14/h4-10,12,21H,3,11H2,1-2H3,(H,22,23). The van der Waals surface area contributed by atoms with Gasteiger partial charge in [0.05, 0.1) is 5.69 Å². The summed E-state index contributed by atoms with van der Waals surface area (Å²) in [7, 11) is 0. The van der Waals surface area contributed by atoms with Crippen LogP contribution >= 0.6 is 0 Å². The number of nitrogens with one attached hydrogen (secondary N) is 2. The topological polar surface area (TPSA) is 71.3 Å². The van der Waals surface area contributed by atoms with E-state index in [1.807, 2.05) is 38.1 Å². The number of benzene rings is 2. The second-order valence-corrected chi connectivity index (χ2v) is 5.89. The minimum atomic E-state index is -0.571. The normalized spacial score (nSPS) is 10.6. The molecular formula is C20H20N2O3. The molecule has 0 spiro atoms. The second kappa shape index (κ2) is 7.21. The lowest BCUT2D eigenvalue weighted by atomic mass is 10.1. The summed E-state index contributed by atoms with van der Waals surface area (Å²) in [6.07, 6.45) is 0.889. The highest BCUT2D eigenvalue weighted by Crippen LogP contribution is 2.28. The number of carbonyl (C=O) groups excluding carboxylic acids is 1. The van der Waals surface area contributed by atoms with Crippen LogP contribution < -0.4 is 16.3 Å². The van der Waals surface area contributed by atoms with Gasteiger partial charge in [-0.3, -0.25) is 4.79 Å². The number of para-hydroxylation sites is 1. The van der Waals surface area contributed by atoms with E-state index in [1.165, 1.54) is 0 Å². The molecular weight excluding hydrogens is 316 g/mol. The van der Waals surface area contributed by atoms with Gasteiger partial charge in [-0.05, 0) is 37.6 Å². The maximum absolute atomic E-state index is 12.6. The number of rotatable bonds is 5. The first kappa shape index (κ1) is 16.8. The lowest BCUT2D eigenvalue weighted by Crippen LogP contribution is -2.20. The number of anilines is 2. The van der Waals surface area contributed by atoms with Crippen LogP contribution in [0.15, 0.2) is 57.7 Å². The van der Waals surface area contributed by atoms with Gasteiger partial charge in [0.2, 0.25) is 0 Å². The lowest BCUT2D eigenvalue weighted by molar-refractivity contribution is 0.102. The first-order valence-corrected chi connectivity index (χ1v) is 8.28. The zero-order chi connectivity index (χ0) is 17.8. The van der Waals surface area contributed by atoms with E-state index in [0.717, 1.165) is 17.4 Å². The van der Waals surface area contributed by atoms with Crippen molar-refractivity contribution >= 4 is 28.3 Å². The highest BCUT2D eigenvalue weighted by molar-refractivity contribution is 6.08. The highest BCUT2D eigenvalue weighted by atomic mass is 16.4. The third kappa shape index (κ3) is 3.55. The predicted molar refractivity (Wildman–Crippen MR) is 100 cm³/mol. The molecule has 1 amide bonds. The Morgan fingerprint density at radius 1 is 1.08 bits per heavy atom. The number of aryl methyl sites for hydroxylation is 1. The van der Waals surface area contributed by atoms with Crippen LogP contribution in [0.3, 0.4) is 0 Å². The Balaban J connectivity index is 2.06. The van der Waals surface area contributed by atoms with Gasteiger partial charge in [-0.15, -0.1) is 0 Å². The molecule has 0 aliphatic rings. The number of hydrogen-bond donors (Lipinski definition) is 2. The van der Waals surface area contributed by atoms with Crippen molar-refractivity contribution in [1.29, 1.82) is 0 Å². The zero-order valence-corrected chi connectivity index (χ0v) is 14.3. The first-order chi connectivity index (χ1) is 12.1. The van der Waals surface area contributed by atoms with Crippen LogP contribution in [0.2, 0.25) is 0 Å². The molecule has 0 atom stereocenters. The van der Waals surface area contributed by atoms with E-state index in [9.17, 15) is 9.59 Å². The molecule has 0 unspecified atom stereocenters. The third-order valence-corrected chi connectivity index (χ3v) is 3.88. The van der Waals surface area contributed by atoms with Gasteiger partial charge in [0.15, 0.2) is 5.69 Å². The van der Waals surface area contributed by atoms with Gasteiger partial charge >= 0.3 is 5.63 Å². The molecule has 3 rings (SSSR count). The Labute approximate surface area is 145 Å². The third-order valence-electron chi connectivity index (χ3n) is 3.88. The maximum Gasteiger partial charge on any atom is 0.362 e. The summed E-state index contributed by atoms with van der Waals surface area (Å²) in [5.74, 6) is -0.342. The summed E-state index contributed by atoms with van der Waals surface area (Å²) in [5.41, 5.74) is 2.11. The molecule has 0 saturated heterocycles. The molecule has 2 N–H and O–H groups in total. The summed E-state index contributed by atoms with van der Waals surface area (Å²) >= 11 is 0. The van der Waals surface area contributed by atoms with Crippen LogP contribution in [0.1, 0.15) is 29.3 Å². The molecule has 2 aromatic carbocycles. The molecule has 1 aromatic heterocycles. The Morgan fingerprint density at radius 3 is 2.64 bits per heavy atom. The van der Waals surface area contributed by atoms with Crippen molar-refractivity contribution in [2.24, 2.45) is 0 Å². The van der Waals surface area contributed by atoms with Crippen LogP contribution in [-0.4, -0.2) is 12.5 Å². The molecule has 5 nitrogen and oxygen atoms in total. The summed E-state index contributed by atoms with van der Waals surface area (Å²) in [5, 5.41) is 6.72. The minimum Gasteiger partial charge on any atom is -0.421 e. The van der Waals surface area contributed by atoms with E-state index in [-0.39, 0.29) is 11.6 Å². The van der Waals surface area contributed by atoms with Gasteiger partial charge in [0.25, 0.3) is 5.91 Å². The Bertz CT molecular complexity index is 976. The van der Waals surface area contributed by atoms with Crippen molar-refractivity contribution in [2.75, 3.05) is 17.2 Å². The molecule has 128 valence electrons. The van der Waals surface area contributed by atoms with Crippen LogP contribution in [-0.2, 0) is 0 Å². The largest absolute Gasteiger partial charge is 0.421 e. The second-order valence-electron chi connectivity index (χ2n) is 5.89. The van der Waals surface area contributed by atoms with Crippen LogP contribution in [0.25, 0.3) is 11.0 Å². The predicted octanol–water partition coefficient (Wildman–Crippen LogP) is 4.18.